The van der Waals surface area contributed by atoms with Crippen LogP contribution >= 0.6 is 0 Å². The number of hydrogen-bond acceptors (Lipinski definition) is 1. The Morgan fingerprint density at radius 1 is 1.00 bits per heavy atom. The molecule has 0 radical (unpaired) electrons. The molecular weight excluding hydrogens is 134 g/mol. The predicted molar refractivity (Wildman–Crippen MR) is 49.7 cm³/mol. The average Bonchev–Trinajstić information content (AvgIpc) is 1.83. The van der Waals surface area contributed by atoms with Crippen molar-refractivity contribution in [1.82, 2.24) is 4.90 Å². The molecule has 0 N–H and O–H groups in total. The van der Waals surface area contributed by atoms with Crippen molar-refractivity contribution in [2.75, 3.05) is 20.1 Å². The van der Waals surface area contributed by atoms with Gasteiger partial charge in [0.1, 0.15) is 0 Å². The zero-order chi connectivity index (χ0) is 8.27. The maximum Gasteiger partial charge on any atom is 0.00163 e. The molecule has 0 atom stereocenters. The van der Waals surface area contributed by atoms with Gasteiger partial charge in [0, 0.05) is 13.1 Å². The lowest BCUT2D eigenvalue weighted by molar-refractivity contribution is 0.149. The van der Waals surface area contributed by atoms with Gasteiger partial charge in [0.05, 0.1) is 0 Å². The zero-order valence-electron chi connectivity index (χ0n) is 8.14. The maximum atomic E-state index is 2.32. The molecule has 2 aliphatic rings. The molecule has 0 aromatic heterocycles. The molecule has 0 unspecified atom stereocenters. The summed E-state index contributed by atoms with van der Waals surface area (Å²) in [4.78, 5) is 2.32. The Hall–Kier alpha value is -0.0400. The van der Waals surface area contributed by atoms with Crippen molar-refractivity contribution in [2.45, 2.75) is 33.1 Å². The first-order valence-electron chi connectivity index (χ1n) is 4.87. The Kier molecular flexibility index (Phi) is 3.38. The van der Waals surface area contributed by atoms with Gasteiger partial charge < -0.3 is 4.90 Å². The second-order valence-electron chi connectivity index (χ2n) is 4.36. The van der Waals surface area contributed by atoms with Crippen molar-refractivity contribution >= 4 is 0 Å². The molecular formula is C10H21N. The van der Waals surface area contributed by atoms with E-state index in [1.54, 1.807) is 0 Å². The zero-order valence-corrected chi connectivity index (χ0v) is 8.14. The lowest BCUT2D eigenvalue weighted by Crippen LogP contribution is -2.41. The van der Waals surface area contributed by atoms with Gasteiger partial charge >= 0.3 is 0 Å². The fourth-order valence-electron chi connectivity index (χ4n) is 1.62. The van der Waals surface area contributed by atoms with Crippen molar-refractivity contribution in [3.8, 4) is 0 Å². The van der Waals surface area contributed by atoms with Crippen LogP contribution in [-0.4, -0.2) is 25.0 Å². The minimum Gasteiger partial charge on any atom is -0.306 e. The standard InChI is InChI=1S/C5H11N.C5H10/c1-5-3-6(2)4-5;1-5-3-2-4-5/h5H,3-4H2,1-2H3;5H,2-4H2,1H3. The van der Waals surface area contributed by atoms with Gasteiger partial charge in [0.2, 0.25) is 0 Å². The third-order valence-electron chi connectivity index (χ3n) is 2.64. The summed E-state index contributed by atoms with van der Waals surface area (Å²) < 4.78 is 0. The van der Waals surface area contributed by atoms with Gasteiger partial charge in [-0.1, -0.05) is 33.1 Å². The summed E-state index contributed by atoms with van der Waals surface area (Å²) in [6, 6.07) is 0. The molecule has 1 heteroatoms. The molecule has 1 saturated carbocycles. The highest BCUT2D eigenvalue weighted by molar-refractivity contribution is 4.71. The smallest absolute Gasteiger partial charge is 0.00163 e. The fraction of sp³-hybridized carbons (Fsp3) is 1.00. The number of likely N-dealkylation sites (tertiary alicyclic amines) is 1. The highest BCUT2D eigenvalue weighted by atomic mass is 15.2. The van der Waals surface area contributed by atoms with E-state index >= 15 is 0 Å². The van der Waals surface area contributed by atoms with Crippen LogP contribution in [0.15, 0.2) is 0 Å². The van der Waals surface area contributed by atoms with E-state index in [0.29, 0.717) is 0 Å². The third-order valence-corrected chi connectivity index (χ3v) is 2.64. The topological polar surface area (TPSA) is 3.24 Å². The van der Waals surface area contributed by atoms with E-state index < -0.39 is 0 Å². The van der Waals surface area contributed by atoms with Crippen LogP contribution in [0.2, 0.25) is 0 Å². The Morgan fingerprint density at radius 3 is 1.45 bits per heavy atom. The molecule has 11 heavy (non-hydrogen) atoms. The van der Waals surface area contributed by atoms with E-state index in [1.165, 1.54) is 32.4 Å². The van der Waals surface area contributed by atoms with Crippen molar-refractivity contribution in [3.63, 3.8) is 0 Å². The van der Waals surface area contributed by atoms with Crippen LogP contribution in [0.3, 0.4) is 0 Å². The van der Waals surface area contributed by atoms with Crippen LogP contribution < -0.4 is 0 Å². The average molecular weight is 155 g/mol. The summed E-state index contributed by atoms with van der Waals surface area (Å²) in [6.45, 7) is 7.20. The fourth-order valence-corrected chi connectivity index (χ4v) is 1.62. The predicted octanol–water partition coefficient (Wildman–Crippen LogP) is 2.37. The van der Waals surface area contributed by atoms with E-state index in [2.05, 4.69) is 25.8 Å². The summed E-state index contributed by atoms with van der Waals surface area (Å²) in [5.74, 6) is 2.03. The Balaban J connectivity index is 0.000000112. The van der Waals surface area contributed by atoms with Gasteiger partial charge in [0.15, 0.2) is 0 Å². The summed E-state index contributed by atoms with van der Waals surface area (Å²) in [5, 5.41) is 0. The van der Waals surface area contributed by atoms with Gasteiger partial charge in [-0.2, -0.15) is 0 Å². The highest BCUT2D eigenvalue weighted by Gasteiger charge is 2.16. The molecule has 0 aromatic carbocycles. The third kappa shape index (κ3) is 3.24. The second kappa shape index (κ2) is 4.10. The molecule has 0 amide bonds. The minimum absolute atomic E-state index is 0.968. The maximum absolute atomic E-state index is 2.32. The minimum atomic E-state index is 0.968. The first-order valence-corrected chi connectivity index (χ1v) is 4.87. The first-order chi connectivity index (χ1) is 5.18. The van der Waals surface area contributed by atoms with Gasteiger partial charge in [-0.3, -0.25) is 0 Å². The molecule has 0 aromatic rings. The Bertz CT molecular complexity index is 95.4. The van der Waals surface area contributed by atoms with E-state index in [-0.39, 0.29) is 0 Å². The van der Waals surface area contributed by atoms with Crippen LogP contribution in [0.25, 0.3) is 0 Å². The molecule has 2 fully saturated rings. The molecule has 1 nitrogen and oxygen atoms in total. The lowest BCUT2D eigenvalue weighted by atomic mass is 9.88. The van der Waals surface area contributed by atoms with Crippen LogP contribution in [0.1, 0.15) is 33.1 Å². The SMILES string of the molecule is CC1CCC1.CC1CN(C)C1. The summed E-state index contributed by atoms with van der Waals surface area (Å²) in [5.41, 5.74) is 0. The van der Waals surface area contributed by atoms with E-state index in [4.69, 9.17) is 0 Å². The van der Waals surface area contributed by atoms with Crippen molar-refractivity contribution in [3.05, 3.63) is 0 Å². The number of rotatable bonds is 0. The molecule has 1 saturated heterocycles. The van der Waals surface area contributed by atoms with Gasteiger partial charge in [0.25, 0.3) is 0 Å². The van der Waals surface area contributed by atoms with E-state index in [1.807, 2.05) is 0 Å². The van der Waals surface area contributed by atoms with Gasteiger partial charge in [-0.25, -0.2) is 0 Å². The monoisotopic (exact) mass is 155 g/mol. The van der Waals surface area contributed by atoms with Crippen LogP contribution in [0.5, 0.6) is 0 Å². The normalized spacial score (nSPS) is 26.5. The number of nitrogens with zero attached hydrogens (tertiary/aromatic N) is 1. The van der Waals surface area contributed by atoms with Crippen LogP contribution in [0, 0.1) is 11.8 Å². The summed E-state index contributed by atoms with van der Waals surface area (Å²) in [6.07, 6.45) is 4.46. The Morgan fingerprint density at radius 2 is 1.45 bits per heavy atom. The van der Waals surface area contributed by atoms with Gasteiger partial charge in [-0.05, 0) is 18.9 Å². The summed E-state index contributed by atoms with van der Waals surface area (Å²) in [7, 11) is 2.15. The van der Waals surface area contributed by atoms with Gasteiger partial charge in [-0.15, -0.1) is 0 Å². The second-order valence-corrected chi connectivity index (χ2v) is 4.36. The molecule has 1 aliphatic heterocycles. The molecule has 1 aliphatic carbocycles. The van der Waals surface area contributed by atoms with Crippen LogP contribution in [0.4, 0.5) is 0 Å². The van der Waals surface area contributed by atoms with Crippen molar-refractivity contribution in [2.24, 2.45) is 11.8 Å². The molecule has 66 valence electrons. The van der Waals surface area contributed by atoms with E-state index in [9.17, 15) is 0 Å². The number of hydrogen-bond donors (Lipinski definition) is 0. The molecule has 0 spiro atoms. The first kappa shape index (κ1) is 9.05. The molecule has 1 heterocycles. The molecule has 2 rings (SSSR count). The highest BCUT2D eigenvalue weighted by Crippen LogP contribution is 2.24. The summed E-state index contributed by atoms with van der Waals surface area (Å²) >= 11 is 0. The van der Waals surface area contributed by atoms with Crippen molar-refractivity contribution in [1.29, 1.82) is 0 Å². The Labute approximate surface area is 70.8 Å². The van der Waals surface area contributed by atoms with Crippen molar-refractivity contribution < 1.29 is 0 Å². The van der Waals surface area contributed by atoms with E-state index in [0.717, 1.165) is 11.8 Å². The van der Waals surface area contributed by atoms with Crippen LogP contribution in [-0.2, 0) is 0 Å². The quantitative estimate of drug-likeness (QED) is 0.519. The molecule has 0 bridgehead atoms. The largest absolute Gasteiger partial charge is 0.306 e. The lowest BCUT2D eigenvalue weighted by Gasteiger charge is -2.33.